The van der Waals surface area contributed by atoms with Crippen LogP contribution in [0.4, 0.5) is 4.39 Å². The molecule has 2 aromatic rings. The van der Waals surface area contributed by atoms with Gasteiger partial charge in [-0.1, -0.05) is 23.7 Å². The summed E-state index contributed by atoms with van der Waals surface area (Å²) in [5.41, 5.74) is 1.16. The van der Waals surface area contributed by atoms with Gasteiger partial charge in [0.05, 0.1) is 7.11 Å². The summed E-state index contributed by atoms with van der Waals surface area (Å²) >= 11 is 6.00. The third-order valence-corrected chi connectivity index (χ3v) is 5.16. The molecule has 138 valence electrons. The average Bonchev–Trinajstić information content (AvgIpc) is 2.67. The molecule has 1 amide bonds. The SMILES string of the molecule is COc1ccc(C(=O)NCC2(c3ccc(Cl)cc3)CCOCC2)cc1F. The van der Waals surface area contributed by atoms with E-state index in [1.165, 1.54) is 19.2 Å². The van der Waals surface area contributed by atoms with Crippen LogP contribution >= 0.6 is 11.6 Å². The Balaban J connectivity index is 1.76. The van der Waals surface area contributed by atoms with Gasteiger partial charge in [0, 0.05) is 35.8 Å². The molecule has 1 aliphatic rings. The van der Waals surface area contributed by atoms with Crippen LogP contribution in [-0.4, -0.2) is 32.8 Å². The van der Waals surface area contributed by atoms with E-state index in [0.717, 1.165) is 18.4 Å². The van der Waals surface area contributed by atoms with Gasteiger partial charge in [0.15, 0.2) is 11.6 Å². The first-order valence-electron chi connectivity index (χ1n) is 8.50. The molecule has 3 rings (SSSR count). The zero-order valence-corrected chi connectivity index (χ0v) is 15.3. The van der Waals surface area contributed by atoms with Gasteiger partial charge >= 0.3 is 0 Å². The Morgan fingerprint density at radius 1 is 1.23 bits per heavy atom. The van der Waals surface area contributed by atoms with Gasteiger partial charge in [-0.05, 0) is 48.7 Å². The molecule has 2 aromatic carbocycles. The van der Waals surface area contributed by atoms with E-state index in [-0.39, 0.29) is 22.6 Å². The number of carbonyl (C=O) groups excluding carboxylic acids is 1. The number of halogens is 2. The summed E-state index contributed by atoms with van der Waals surface area (Å²) in [5, 5.41) is 3.63. The molecule has 4 nitrogen and oxygen atoms in total. The number of carbonyl (C=O) groups is 1. The number of nitrogens with one attached hydrogen (secondary N) is 1. The van der Waals surface area contributed by atoms with Crippen molar-refractivity contribution in [3.63, 3.8) is 0 Å². The Hall–Kier alpha value is -2.11. The largest absolute Gasteiger partial charge is 0.494 e. The highest BCUT2D eigenvalue weighted by atomic mass is 35.5. The van der Waals surface area contributed by atoms with Crippen LogP contribution in [0.5, 0.6) is 5.75 Å². The van der Waals surface area contributed by atoms with Crippen LogP contribution in [0.15, 0.2) is 42.5 Å². The van der Waals surface area contributed by atoms with Crippen LogP contribution in [0.3, 0.4) is 0 Å². The maximum Gasteiger partial charge on any atom is 0.251 e. The smallest absolute Gasteiger partial charge is 0.251 e. The molecule has 1 fully saturated rings. The summed E-state index contributed by atoms with van der Waals surface area (Å²) in [5.74, 6) is -0.756. The van der Waals surface area contributed by atoms with Crippen molar-refractivity contribution in [2.45, 2.75) is 18.3 Å². The lowest BCUT2D eigenvalue weighted by Crippen LogP contribution is -2.44. The molecule has 0 aromatic heterocycles. The first-order valence-corrected chi connectivity index (χ1v) is 8.87. The number of amides is 1. The number of hydrogen-bond donors (Lipinski definition) is 1. The van der Waals surface area contributed by atoms with E-state index in [9.17, 15) is 9.18 Å². The molecule has 0 spiro atoms. The Bertz CT molecular complexity index is 773. The molecule has 26 heavy (non-hydrogen) atoms. The molecule has 0 atom stereocenters. The fourth-order valence-corrected chi connectivity index (χ4v) is 3.42. The van der Waals surface area contributed by atoms with E-state index < -0.39 is 5.82 Å². The highest BCUT2D eigenvalue weighted by Gasteiger charge is 2.35. The van der Waals surface area contributed by atoms with E-state index in [2.05, 4.69) is 5.32 Å². The van der Waals surface area contributed by atoms with E-state index in [1.54, 1.807) is 6.07 Å². The summed E-state index contributed by atoms with van der Waals surface area (Å²) < 4.78 is 24.2. The number of rotatable bonds is 5. The number of methoxy groups -OCH3 is 1. The van der Waals surface area contributed by atoms with Gasteiger partial charge in [-0.25, -0.2) is 4.39 Å². The van der Waals surface area contributed by atoms with Gasteiger partial charge in [0.2, 0.25) is 0 Å². The zero-order chi connectivity index (χ0) is 18.6. The quantitative estimate of drug-likeness (QED) is 0.857. The molecule has 6 heteroatoms. The monoisotopic (exact) mass is 377 g/mol. The highest BCUT2D eigenvalue weighted by molar-refractivity contribution is 6.30. The van der Waals surface area contributed by atoms with Crippen LogP contribution in [0.1, 0.15) is 28.8 Å². The van der Waals surface area contributed by atoms with Gasteiger partial charge in [-0.15, -0.1) is 0 Å². The molecule has 1 aliphatic heterocycles. The van der Waals surface area contributed by atoms with Gasteiger partial charge in [-0.3, -0.25) is 4.79 Å². The van der Waals surface area contributed by atoms with Crippen molar-refractivity contribution in [2.24, 2.45) is 0 Å². The molecule has 0 unspecified atom stereocenters. The molecular weight excluding hydrogens is 357 g/mol. The summed E-state index contributed by atoms with van der Waals surface area (Å²) in [6, 6.07) is 11.9. The predicted octanol–water partition coefficient (Wildman–Crippen LogP) is 3.97. The lowest BCUT2D eigenvalue weighted by Gasteiger charge is -2.38. The summed E-state index contributed by atoms with van der Waals surface area (Å²) in [4.78, 5) is 12.5. The minimum Gasteiger partial charge on any atom is -0.494 e. The van der Waals surface area contributed by atoms with Crippen LogP contribution in [0.2, 0.25) is 5.02 Å². The fourth-order valence-electron chi connectivity index (χ4n) is 3.29. The standard InChI is InChI=1S/C20H21ClFNO3/c1-25-18-7-2-14(12-17(18)22)19(24)23-13-20(8-10-26-11-9-20)15-3-5-16(21)6-4-15/h2-7,12H,8-11,13H2,1H3,(H,23,24). The van der Waals surface area contributed by atoms with Gasteiger partial charge in [0.25, 0.3) is 5.91 Å². The maximum absolute atomic E-state index is 13.8. The van der Waals surface area contributed by atoms with E-state index in [0.29, 0.717) is 24.8 Å². The van der Waals surface area contributed by atoms with Crippen molar-refractivity contribution in [3.05, 3.63) is 64.4 Å². The second-order valence-electron chi connectivity index (χ2n) is 6.43. The maximum atomic E-state index is 13.8. The van der Waals surface area contributed by atoms with Crippen LogP contribution in [0.25, 0.3) is 0 Å². The van der Waals surface area contributed by atoms with Crippen molar-refractivity contribution in [2.75, 3.05) is 26.9 Å². The molecule has 0 bridgehead atoms. The fraction of sp³-hybridized carbons (Fsp3) is 0.350. The second kappa shape index (κ2) is 8.06. The van der Waals surface area contributed by atoms with Gasteiger partial charge < -0.3 is 14.8 Å². The van der Waals surface area contributed by atoms with Crippen LogP contribution in [0, 0.1) is 5.82 Å². The minimum atomic E-state index is -0.557. The van der Waals surface area contributed by atoms with Crippen molar-refractivity contribution >= 4 is 17.5 Å². The van der Waals surface area contributed by atoms with Crippen molar-refractivity contribution in [1.29, 1.82) is 0 Å². The first kappa shape index (κ1) is 18.7. The minimum absolute atomic E-state index is 0.114. The van der Waals surface area contributed by atoms with E-state index in [1.807, 2.05) is 24.3 Å². The molecule has 0 saturated carbocycles. The van der Waals surface area contributed by atoms with Gasteiger partial charge in [-0.2, -0.15) is 0 Å². The van der Waals surface area contributed by atoms with Crippen molar-refractivity contribution in [1.82, 2.24) is 5.32 Å². The zero-order valence-electron chi connectivity index (χ0n) is 14.6. The Kier molecular flexibility index (Phi) is 5.79. The Morgan fingerprint density at radius 3 is 2.54 bits per heavy atom. The molecule has 0 radical (unpaired) electrons. The number of ether oxygens (including phenoxy) is 2. The third-order valence-electron chi connectivity index (χ3n) is 4.91. The molecule has 1 heterocycles. The molecule has 1 saturated heterocycles. The third kappa shape index (κ3) is 4.00. The highest BCUT2D eigenvalue weighted by Crippen LogP contribution is 2.35. The molecule has 0 aliphatic carbocycles. The Labute approximate surface area is 157 Å². The first-order chi connectivity index (χ1) is 12.5. The van der Waals surface area contributed by atoms with E-state index >= 15 is 0 Å². The Morgan fingerprint density at radius 2 is 1.92 bits per heavy atom. The normalized spacial score (nSPS) is 16.1. The second-order valence-corrected chi connectivity index (χ2v) is 6.87. The van der Waals surface area contributed by atoms with Gasteiger partial charge in [0.1, 0.15) is 0 Å². The number of hydrogen-bond acceptors (Lipinski definition) is 3. The van der Waals surface area contributed by atoms with Crippen molar-refractivity contribution < 1.29 is 18.7 Å². The lowest BCUT2D eigenvalue weighted by atomic mass is 9.74. The van der Waals surface area contributed by atoms with Crippen LogP contribution in [-0.2, 0) is 10.2 Å². The van der Waals surface area contributed by atoms with Crippen molar-refractivity contribution in [3.8, 4) is 5.75 Å². The summed E-state index contributed by atoms with van der Waals surface area (Å²) in [6.07, 6.45) is 1.60. The summed E-state index contributed by atoms with van der Waals surface area (Å²) in [7, 11) is 1.39. The summed E-state index contributed by atoms with van der Waals surface area (Å²) in [6.45, 7) is 1.72. The predicted molar refractivity (Wildman–Crippen MR) is 98.5 cm³/mol. The van der Waals surface area contributed by atoms with Crippen LogP contribution < -0.4 is 10.1 Å². The average molecular weight is 378 g/mol. The lowest BCUT2D eigenvalue weighted by molar-refractivity contribution is 0.0487. The molecule has 1 N–H and O–H groups in total. The number of benzene rings is 2. The van der Waals surface area contributed by atoms with E-state index in [4.69, 9.17) is 21.1 Å². The molecular formula is C20H21ClFNO3. The topological polar surface area (TPSA) is 47.6 Å².